The van der Waals surface area contributed by atoms with Crippen LogP contribution in [0.5, 0.6) is 11.6 Å². The molecule has 0 aliphatic rings. The van der Waals surface area contributed by atoms with Gasteiger partial charge in [-0.05, 0) is 38.5 Å². The van der Waals surface area contributed by atoms with Gasteiger partial charge in [0.1, 0.15) is 16.3 Å². The Morgan fingerprint density at radius 3 is 2.84 bits per heavy atom. The first-order chi connectivity index (χ1) is 14.8. The molecule has 0 aromatic carbocycles. The van der Waals surface area contributed by atoms with Crippen LogP contribution in [-0.2, 0) is 18.4 Å². The molecule has 0 saturated carbocycles. The largest absolute Gasteiger partial charge is 0.436 e. The van der Waals surface area contributed by atoms with Crippen LogP contribution in [0.15, 0.2) is 35.6 Å². The SMILES string of the molecule is Cc1nn(C)c(Oc2cccnc2)c1NC(=O)CCn1cnc2sc(C)c(C)c2c1=O. The predicted octanol–water partition coefficient (Wildman–Crippen LogP) is 3.33. The van der Waals surface area contributed by atoms with E-state index < -0.39 is 0 Å². The van der Waals surface area contributed by atoms with E-state index in [0.29, 0.717) is 28.4 Å². The molecule has 31 heavy (non-hydrogen) atoms. The van der Waals surface area contributed by atoms with Gasteiger partial charge in [0.05, 0.1) is 23.6 Å². The van der Waals surface area contributed by atoms with E-state index in [9.17, 15) is 9.59 Å². The van der Waals surface area contributed by atoms with Gasteiger partial charge in [0.15, 0.2) is 0 Å². The maximum atomic E-state index is 12.8. The lowest BCUT2D eigenvalue weighted by atomic mass is 10.2. The molecule has 9 nitrogen and oxygen atoms in total. The zero-order chi connectivity index (χ0) is 22.1. The topological polar surface area (TPSA) is 104 Å². The van der Waals surface area contributed by atoms with Crippen molar-refractivity contribution in [3.8, 4) is 11.6 Å². The summed E-state index contributed by atoms with van der Waals surface area (Å²) in [6.45, 7) is 5.90. The molecule has 0 aliphatic carbocycles. The lowest BCUT2D eigenvalue weighted by Gasteiger charge is -2.10. The summed E-state index contributed by atoms with van der Waals surface area (Å²) in [5.74, 6) is 0.689. The van der Waals surface area contributed by atoms with Gasteiger partial charge in [-0.2, -0.15) is 5.10 Å². The van der Waals surface area contributed by atoms with Crippen LogP contribution in [0.1, 0.15) is 22.6 Å². The fourth-order valence-corrected chi connectivity index (χ4v) is 4.26. The molecule has 4 rings (SSSR count). The highest BCUT2D eigenvalue weighted by atomic mass is 32.1. The van der Waals surface area contributed by atoms with Crippen molar-refractivity contribution in [3.05, 3.63) is 57.3 Å². The Morgan fingerprint density at radius 2 is 2.10 bits per heavy atom. The van der Waals surface area contributed by atoms with E-state index in [2.05, 4.69) is 20.4 Å². The third-order valence-electron chi connectivity index (χ3n) is 5.02. The van der Waals surface area contributed by atoms with Crippen LogP contribution >= 0.6 is 11.3 Å². The summed E-state index contributed by atoms with van der Waals surface area (Å²) >= 11 is 1.50. The molecule has 0 radical (unpaired) electrons. The number of carbonyl (C=O) groups excluding carboxylic acids is 1. The van der Waals surface area contributed by atoms with Gasteiger partial charge in [0.25, 0.3) is 5.56 Å². The van der Waals surface area contributed by atoms with Gasteiger partial charge in [0, 0.05) is 31.1 Å². The molecule has 0 spiro atoms. The molecule has 0 atom stereocenters. The number of hydrogen-bond acceptors (Lipinski definition) is 7. The molecular formula is C21H22N6O3S. The molecule has 0 aliphatic heterocycles. The monoisotopic (exact) mass is 438 g/mol. The molecule has 0 unspecified atom stereocenters. The molecule has 0 fully saturated rings. The van der Waals surface area contributed by atoms with Crippen molar-refractivity contribution in [1.29, 1.82) is 0 Å². The van der Waals surface area contributed by atoms with E-state index in [-0.39, 0.29) is 24.4 Å². The number of aromatic nitrogens is 5. The minimum Gasteiger partial charge on any atom is -0.436 e. The van der Waals surface area contributed by atoms with E-state index in [1.807, 2.05) is 13.8 Å². The van der Waals surface area contributed by atoms with Crippen molar-refractivity contribution < 1.29 is 9.53 Å². The van der Waals surface area contributed by atoms with Crippen LogP contribution < -0.4 is 15.6 Å². The number of fused-ring (bicyclic) bond motifs is 1. The van der Waals surface area contributed by atoms with Crippen molar-refractivity contribution in [2.75, 3.05) is 5.32 Å². The predicted molar refractivity (Wildman–Crippen MR) is 119 cm³/mol. The van der Waals surface area contributed by atoms with E-state index in [0.717, 1.165) is 15.3 Å². The third kappa shape index (κ3) is 4.06. The number of rotatable bonds is 6. The van der Waals surface area contributed by atoms with Crippen molar-refractivity contribution in [2.45, 2.75) is 33.7 Å². The summed E-state index contributed by atoms with van der Waals surface area (Å²) in [4.78, 5) is 35.7. The van der Waals surface area contributed by atoms with Crippen LogP contribution in [0.4, 0.5) is 5.69 Å². The van der Waals surface area contributed by atoms with Crippen LogP contribution in [0.2, 0.25) is 0 Å². The summed E-state index contributed by atoms with van der Waals surface area (Å²) in [5.41, 5.74) is 1.93. The number of pyridine rings is 1. The standard InChI is InChI=1S/C21H22N6O3S/c1-12-14(3)31-19-17(12)20(29)27(11-23-19)9-7-16(28)24-18-13(2)25-26(4)21(18)30-15-6-5-8-22-10-15/h5-6,8,10-11H,7,9H2,1-4H3,(H,24,28). The highest BCUT2D eigenvalue weighted by Crippen LogP contribution is 2.31. The van der Waals surface area contributed by atoms with Gasteiger partial charge in [0.2, 0.25) is 11.8 Å². The zero-order valence-corrected chi connectivity index (χ0v) is 18.5. The molecule has 4 aromatic heterocycles. The minimum absolute atomic E-state index is 0.107. The Bertz CT molecular complexity index is 1320. The van der Waals surface area contributed by atoms with E-state index in [1.165, 1.54) is 22.2 Å². The molecule has 0 bridgehead atoms. The Kier molecular flexibility index (Phi) is 5.55. The number of carbonyl (C=O) groups is 1. The second kappa shape index (κ2) is 8.31. The van der Waals surface area contributed by atoms with E-state index in [1.54, 1.807) is 43.2 Å². The van der Waals surface area contributed by atoms with Crippen molar-refractivity contribution in [2.24, 2.45) is 7.05 Å². The smallest absolute Gasteiger partial charge is 0.262 e. The van der Waals surface area contributed by atoms with Gasteiger partial charge in [-0.3, -0.25) is 19.1 Å². The second-order valence-corrected chi connectivity index (χ2v) is 8.39. The quantitative estimate of drug-likeness (QED) is 0.495. The van der Waals surface area contributed by atoms with Gasteiger partial charge < -0.3 is 10.1 Å². The third-order valence-corrected chi connectivity index (χ3v) is 6.13. The Hall–Kier alpha value is -3.53. The number of thiophene rings is 1. The Morgan fingerprint density at radius 1 is 1.29 bits per heavy atom. The fraction of sp³-hybridized carbons (Fsp3) is 0.286. The number of amides is 1. The number of anilines is 1. The summed E-state index contributed by atoms with van der Waals surface area (Å²) in [7, 11) is 1.74. The normalized spacial score (nSPS) is 11.1. The maximum Gasteiger partial charge on any atom is 0.262 e. The summed E-state index contributed by atoms with van der Waals surface area (Å²) in [6.07, 6.45) is 4.84. The van der Waals surface area contributed by atoms with Gasteiger partial charge in [-0.25, -0.2) is 9.67 Å². The van der Waals surface area contributed by atoms with E-state index in [4.69, 9.17) is 4.74 Å². The molecule has 1 amide bonds. The average Bonchev–Trinajstić information content (AvgIpc) is 3.18. The van der Waals surface area contributed by atoms with Gasteiger partial charge in [-0.15, -0.1) is 11.3 Å². The number of aryl methyl sites for hydroxylation is 5. The lowest BCUT2D eigenvalue weighted by Crippen LogP contribution is -2.23. The van der Waals surface area contributed by atoms with Gasteiger partial charge >= 0.3 is 0 Å². The highest BCUT2D eigenvalue weighted by molar-refractivity contribution is 7.18. The average molecular weight is 439 g/mol. The Balaban J connectivity index is 1.50. The van der Waals surface area contributed by atoms with Crippen LogP contribution in [0.25, 0.3) is 10.2 Å². The van der Waals surface area contributed by atoms with Crippen LogP contribution in [0.3, 0.4) is 0 Å². The summed E-state index contributed by atoms with van der Waals surface area (Å²) < 4.78 is 8.90. The van der Waals surface area contributed by atoms with Crippen molar-refractivity contribution in [1.82, 2.24) is 24.3 Å². The summed E-state index contributed by atoms with van der Waals surface area (Å²) in [5, 5.41) is 7.82. The molecule has 0 saturated heterocycles. The van der Waals surface area contributed by atoms with E-state index >= 15 is 0 Å². The number of hydrogen-bond donors (Lipinski definition) is 1. The van der Waals surface area contributed by atoms with Crippen molar-refractivity contribution in [3.63, 3.8) is 0 Å². The maximum absolute atomic E-state index is 12.8. The first-order valence-corrected chi connectivity index (χ1v) is 10.5. The van der Waals surface area contributed by atoms with Gasteiger partial charge in [-0.1, -0.05) is 0 Å². The lowest BCUT2D eigenvalue weighted by molar-refractivity contribution is -0.116. The molecule has 160 valence electrons. The van der Waals surface area contributed by atoms with Crippen LogP contribution in [0, 0.1) is 20.8 Å². The Labute approximate surface area is 182 Å². The van der Waals surface area contributed by atoms with Crippen LogP contribution in [-0.4, -0.2) is 30.2 Å². The second-order valence-electron chi connectivity index (χ2n) is 7.18. The molecule has 1 N–H and O–H groups in total. The number of nitrogens with zero attached hydrogens (tertiary/aromatic N) is 5. The number of nitrogens with one attached hydrogen (secondary N) is 1. The molecular weight excluding hydrogens is 416 g/mol. The first kappa shape index (κ1) is 20.7. The first-order valence-electron chi connectivity index (χ1n) is 9.71. The summed E-state index contributed by atoms with van der Waals surface area (Å²) in [6, 6.07) is 3.53. The number of ether oxygens (including phenoxy) is 1. The fourth-order valence-electron chi connectivity index (χ4n) is 3.27. The molecule has 4 heterocycles. The van der Waals surface area contributed by atoms with Crippen molar-refractivity contribution >= 4 is 33.1 Å². The highest BCUT2D eigenvalue weighted by Gasteiger charge is 2.19. The molecule has 4 aromatic rings. The molecule has 10 heteroatoms. The minimum atomic E-state index is -0.252. The zero-order valence-electron chi connectivity index (χ0n) is 17.7.